The quantitative estimate of drug-likeness (QED) is 0.624. The third-order valence-corrected chi connectivity index (χ3v) is 2.76. The smallest absolute Gasteiger partial charge is 0.403 e. The van der Waals surface area contributed by atoms with E-state index in [1.54, 1.807) is 0 Å². The Morgan fingerprint density at radius 2 is 1.89 bits per heavy atom. The van der Waals surface area contributed by atoms with Gasteiger partial charge in [0.2, 0.25) is 0 Å². The first-order chi connectivity index (χ1) is 8.32. The third kappa shape index (κ3) is 6.80. The summed E-state index contributed by atoms with van der Waals surface area (Å²) in [5, 5.41) is 11.0. The fourth-order valence-electron chi connectivity index (χ4n) is 1.56. The van der Waals surface area contributed by atoms with Crippen LogP contribution >= 0.6 is 0 Å². The maximum absolute atomic E-state index is 12.3. The molecule has 1 unspecified atom stereocenters. The van der Waals surface area contributed by atoms with E-state index >= 15 is 0 Å². The number of alkyl halides is 3. The van der Waals surface area contributed by atoms with E-state index in [-0.39, 0.29) is 0 Å². The maximum Gasteiger partial charge on any atom is 0.403 e. The Balaban J connectivity index is 3.85. The Kier molecular flexibility index (Phi) is 7.93. The first kappa shape index (κ1) is 17.2. The van der Waals surface area contributed by atoms with E-state index < -0.39 is 24.6 Å². The minimum atomic E-state index is -4.70. The highest BCUT2D eigenvalue weighted by molar-refractivity contribution is 5.71. The van der Waals surface area contributed by atoms with Gasteiger partial charge < -0.3 is 15.3 Å². The van der Waals surface area contributed by atoms with Gasteiger partial charge in [0, 0.05) is 6.54 Å². The summed E-state index contributed by atoms with van der Waals surface area (Å²) in [6, 6.07) is 0. The van der Waals surface area contributed by atoms with Crippen molar-refractivity contribution in [1.82, 2.24) is 10.2 Å². The van der Waals surface area contributed by atoms with Crippen LogP contribution in [0.3, 0.4) is 0 Å². The number of carbonyl (C=O) groups is 1. The molecule has 0 fully saturated rings. The highest BCUT2D eigenvalue weighted by Crippen LogP contribution is 2.25. The first-order valence-corrected chi connectivity index (χ1v) is 6.05. The Labute approximate surface area is 105 Å². The van der Waals surface area contributed by atoms with Crippen molar-refractivity contribution < 1.29 is 23.1 Å². The number of halogens is 3. The SMILES string of the molecule is CCN(CC)CCCNCC(C(=O)O)C(F)(F)F. The molecule has 0 radical (unpaired) electrons. The van der Waals surface area contributed by atoms with Crippen molar-refractivity contribution in [3.63, 3.8) is 0 Å². The van der Waals surface area contributed by atoms with E-state index in [4.69, 9.17) is 5.11 Å². The zero-order chi connectivity index (χ0) is 14.2. The Hall–Kier alpha value is -0.820. The average Bonchev–Trinajstić information content (AvgIpc) is 2.26. The van der Waals surface area contributed by atoms with Gasteiger partial charge in [-0.05, 0) is 32.6 Å². The van der Waals surface area contributed by atoms with Gasteiger partial charge in [-0.25, -0.2) is 0 Å². The molecule has 18 heavy (non-hydrogen) atoms. The maximum atomic E-state index is 12.3. The lowest BCUT2D eigenvalue weighted by Gasteiger charge is -2.19. The molecule has 0 aromatic heterocycles. The third-order valence-electron chi connectivity index (χ3n) is 2.76. The summed E-state index contributed by atoms with van der Waals surface area (Å²) in [6.07, 6.45) is -4.00. The fourth-order valence-corrected chi connectivity index (χ4v) is 1.56. The number of hydrogen-bond donors (Lipinski definition) is 2. The second-order valence-electron chi connectivity index (χ2n) is 4.02. The molecule has 0 aliphatic rings. The van der Waals surface area contributed by atoms with E-state index in [0.717, 1.165) is 19.6 Å². The lowest BCUT2D eigenvalue weighted by atomic mass is 10.1. The molecule has 0 spiro atoms. The molecule has 0 saturated carbocycles. The molecule has 0 heterocycles. The predicted octanol–water partition coefficient (Wildman–Crippen LogP) is 1.57. The van der Waals surface area contributed by atoms with E-state index in [2.05, 4.69) is 10.2 Å². The Morgan fingerprint density at radius 3 is 2.28 bits per heavy atom. The molecule has 2 N–H and O–H groups in total. The van der Waals surface area contributed by atoms with Crippen LogP contribution in [0.5, 0.6) is 0 Å². The van der Waals surface area contributed by atoms with Crippen LogP contribution in [-0.2, 0) is 4.79 Å². The number of aliphatic carboxylic acids is 1. The summed E-state index contributed by atoms with van der Waals surface area (Å²) in [7, 11) is 0. The number of nitrogens with one attached hydrogen (secondary N) is 1. The molecule has 0 aliphatic heterocycles. The van der Waals surface area contributed by atoms with E-state index in [9.17, 15) is 18.0 Å². The summed E-state index contributed by atoms with van der Waals surface area (Å²) < 4.78 is 36.9. The van der Waals surface area contributed by atoms with Gasteiger partial charge in [0.15, 0.2) is 5.92 Å². The summed E-state index contributed by atoms with van der Waals surface area (Å²) in [5.74, 6) is -4.16. The van der Waals surface area contributed by atoms with Crippen molar-refractivity contribution in [2.45, 2.75) is 26.4 Å². The van der Waals surface area contributed by atoms with Gasteiger partial charge in [-0.15, -0.1) is 0 Å². The van der Waals surface area contributed by atoms with E-state index in [1.165, 1.54) is 0 Å². The Bertz CT molecular complexity index is 243. The zero-order valence-electron chi connectivity index (χ0n) is 10.8. The predicted molar refractivity (Wildman–Crippen MR) is 62.5 cm³/mol. The van der Waals surface area contributed by atoms with Crippen LogP contribution in [0.1, 0.15) is 20.3 Å². The molecule has 0 saturated heterocycles. The number of rotatable bonds is 9. The minimum Gasteiger partial charge on any atom is -0.481 e. The monoisotopic (exact) mass is 270 g/mol. The summed E-state index contributed by atoms with van der Waals surface area (Å²) in [5.41, 5.74) is 0. The van der Waals surface area contributed by atoms with Gasteiger partial charge in [-0.1, -0.05) is 13.8 Å². The van der Waals surface area contributed by atoms with Crippen molar-refractivity contribution in [2.24, 2.45) is 5.92 Å². The number of carboxylic acid groups (broad SMARTS) is 1. The second-order valence-corrected chi connectivity index (χ2v) is 4.02. The van der Waals surface area contributed by atoms with E-state index in [0.29, 0.717) is 13.0 Å². The molecule has 0 aliphatic carbocycles. The molecular formula is C11H21F3N2O2. The van der Waals surface area contributed by atoms with Gasteiger partial charge in [0.1, 0.15) is 0 Å². The van der Waals surface area contributed by atoms with E-state index in [1.807, 2.05) is 13.8 Å². The summed E-state index contributed by atoms with van der Waals surface area (Å²) in [4.78, 5) is 12.6. The van der Waals surface area contributed by atoms with Crippen LogP contribution in [-0.4, -0.2) is 54.9 Å². The van der Waals surface area contributed by atoms with Gasteiger partial charge >= 0.3 is 12.1 Å². The van der Waals surface area contributed by atoms with Crippen molar-refractivity contribution in [3.8, 4) is 0 Å². The topological polar surface area (TPSA) is 52.6 Å². The average molecular weight is 270 g/mol. The fraction of sp³-hybridized carbons (Fsp3) is 0.909. The van der Waals surface area contributed by atoms with Crippen LogP contribution in [0.25, 0.3) is 0 Å². The first-order valence-electron chi connectivity index (χ1n) is 6.05. The molecule has 0 aromatic carbocycles. The summed E-state index contributed by atoms with van der Waals surface area (Å²) in [6.45, 7) is 6.44. The molecule has 0 amide bonds. The summed E-state index contributed by atoms with van der Waals surface area (Å²) >= 11 is 0. The highest BCUT2D eigenvalue weighted by atomic mass is 19.4. The molecule has 7 heteroatoms. The zero-order valence-corrected chi connectivity index (χ0v) is 10.8. The second kappa shape index (κ2) is 8.31. The van der Waals surface area contributed by atoms with Gasteiger partial charge in [0.05, 0.1) is 0 Å². The number of nitrogens with zero attached hydrogens (tertiary/aromatic N) is 1. The van der Waals surface area contributed by atoms with Crippen molar-refractivity contribution >= 4 is 5.97 Å². The van der Waals surface area contributed by atoms with Crippen LogP contribution < -0.4 is 5.32 Å². The van der Waals surface area contributed by atoms with Crippen molar-refractivity contribution in [1.29, 1.82) is 0 Å². The normalized spacial score (nSPS) is 13.9. The molecule has 108 valence electrons. The highest BCUT2D eigenvalue weighted by Gasteiger charge is 2.44. The number of carboxylic acids is 1. The Morgan fingerprint density at radius 1 is 1.33 bits per heavy atom. The van der Waals surface area contributed by atoms with Gasteiger partial charge in [-0.3, -0.25) is 4.79 Å². The van der Waals surface area contributed by atoms with Gasteiger partial charge in [-0.2, -0.15) is 13.2 Å². The lowest BCUT2D eigenvalue weighted by Crippen LogP contribution is -2.39. The lowest BCUT2D eigenvalue weighted by molar-refractivity contribution is -0.192. The van der Waals surface area contributed by atoms with Crippen LogP contribution in [0.4, 0.5) is 13.2 Å². The van der Waals surface area contributed by atoms with Crippen molar-refractivity contribution in [3.05, 3.63) is 0 Å². The standard InChI is InChI=1S/C11H21F3N2O2/c1-3-16(4-2)7-5-6-15-8-9(10(17)18)11(12,13)14/h9,15H,3-8H2,1-2H3,(H,17,18). The molecular weight excluding hydrogens is 249 g/mol. The van der Waals surface area contributed by atoms with Crippen LogP contribution in [0, 0.1) is 5.92 Å². The molecule has 0 bridgehead atoms. The number of hydrogen-bond acceptors (Lipinski definition) is 3. The minimum absolute atomic E-state index is 0.385. The largest absolute Gasteiger partial charge is 0.481 e. The molecule has 4 nitrogen and oxygen atoms in total. The molecule has 0 rings (SSSR count). The molecule has 1 atom stereocenters. The van der Waals surface area contributed by atoms with Crippen LogP contribution in [0.15, 0.2) is 0 Å². The molecule has 0 aromatic rings. The van der Waals surface area contributed by atoms with Crippen molar-refractivity contribution in [2.75, 3.05) is 32.7 Å². The van der Waals surface area contributed by atoms with Crippen LogP contribution in [0.2, 0.25) is 0 Å². The van der Waals surface area contributed by atoms with Gasteiger partial charge in [0.25, 0.3) is 0 Å².